The Morgan fingerprint density at radius 2 is 2.22 bits per heavy atom. The zero-order chi connectivity index (χ0) is 13.3. The lowest BCUT2D eigenvalue weighted by atomic mass is 10.2. The Bertz CT molecular complexity index is 569. The van der Waals surface area contributed by atoms with Gasteiger partial charge < -0.3 is 15.6 Å². The molecule has 0 bridgehead atoms. The summed E-state index contributed by atoms with van der Waals surface area (Å²) in [7, 11) is 1.83. The predicted octanol–water partition coefficient (Wildman–Crippen LogP) is 2.36. The summed E-state index contributed by atoms with van der Waals surface area (Å²) >= 11 is 5.64. The van der Waals surface area contributed by atoms with Crippen LogP contribution in [0.2, 0.25) is 5.02 Å². The van der Waals surface area contributed by atoms with Crippen molar-refractivity contribution in [3.8, 4) is 0 Å². The van der Waals surface area contributed by atoms with Gasteiger partial charge >= 0.3 is 0 Å². The van der Waals surface area contributed by atoms with Crippen LogP contribution in [0.25, 0.3) is 0 Å². The summed E-state index contributed by atoms with van der Waals surface area (Å²) in [6, 6.07) is 2.49. The molecule has 5 nitrogen and oxygen atoms in total. The van der Waals surface area contributed by atoms with E-state index in [4.69, 9.17) is 17.3 Å². The largest absolute Gasteiger partial charge is 0.397 e. The first kappa shape index (κ1) is 12.6. The Labute approximate surface area is 109 Å². The van der Waals surface area contributed by atoms with Crippen molar-refractivity contribution < 1.29 is 4.39 Å². The lowest BCUT2D eigenvalue weighted by Crippen LogP contribution is -2.13. The van der Waals surface area contributed by atoms with Gasteiger partial charge in [-0.2, -0.15) is 0 Å². The lowest BCUT2D eigenvalue weighted by Gasteiger charge is -2.16. The van der Waals surface area contributed by atoms with E-state index in [1.54, 1.807) is 10.9 Å². The molecule has 0 fully saturated rings. The monoisotopic (exact) mass is 269 g/mol. The van der Waals surface area contributed by atoms with Crippen molar-refractivity contribution >= 4 is 23.0 Å². The van der Waals surface area contributed by atoms with Crippen LogP contribution in [0, 0.1) is 5.82 Å². The molecule has 1 unspecified atom stereocenters. The van der Waals surface area contributed by atoms with E-state index in [1.165, 1.54) is 12.1 Å². The summed E-state index contributed by atoms with van der Waals surface area (Å²) in [6.07, 6.45) is 1.60. The number of rotatable bonds is 3. The first-order chi connectivity index (χ1) is 8.49. The minimum atomic E-state index is -0.515. The third-order valence-corrected chi connectivity index (χ3v) is 2.89. The van der Waals surface area contributed by atoms with Crippen molar-refractivity contribution in [3.05, 3.63) is 35.1 Å². The normalized spacial score (nSPS) is 12.4. The van der Waals surface area contributed by atoms with Crippen LogP contribution < -0.4 is 11.1 Å². The van der Waals surface area contributed by atoms with Gasteiger partial charge in [0.25, 0.3) is 0 Å². The highest BCUT2D eigenvalue weighted by Gasteiger charge is 2.14. The zero-order valence-corrected chi connectivity index (χ0v) is 10.7. The number of nitrogens with two attached hydrogens (primary N) is 1. The average Bonchev–Trinajstić information content (AvgIpc) is 2.72. The fourth-order valence-electron chi connectivity index (χ4n) is 1.67. The second-order valence-electron chi connectivity index (χ2n) is 4.02. The summed E-state index contributed by atoms with van der Waals surface area (Å²) in [5, 5.41) is 10.8. The molecule has 96 valence electrons. The topological polar surface area (TPSA) is 68.8 Å². The molecule has 0 aliphatic carbocycles. The van der Waals surface area contributed by atoms with Gasteiger partial charge in [-0.15, -0.1) is 10.2 Å². The highest BCUT2D eigenvalue weighted by Crippen LogP contribution is 2.28. The van der Waals surface area contributed by atoms with E-state index in [-0.39, 0.29) is 11.1 Å². The predicted molar refractivity (Wildman–Crippen MR) is 68.9 cm³/mol. The summed E-state index contributed by atoms with van der Waals surface area (Å²) in [6.45, 7) is 1.88. The SMILES string of the molecule is CC(Nc1cc(F)c(Cl)cc1N)c1nncn1C. The van der Waals surface area contributed by atoms with E-state index in [0.29, 0.717) is 11.4 Å². The van der Waals surface area contributed by atoms with E-state index in [0.717, 1.165) is 5.82 Å². The van der Waals surface area contributed by atoms with Crippen LogP contribution in [-0.2, 0) is 7.05 Å². The molecule has 1 atom stereocenters. The molecule has 0 amide bonds. The van der Waals surface area contributed by atoms with Crippen LogP contribution in [0.5, 0.6) is 0 Å². The molecule has 2 aromatic rings. The van der Waals surface area contributed by atoms with Gasteiger partial charge in [-0.05, 0) is 13.0 Å². The van der Waals surface area contributed by atoms with Crippen LogP contribution >= 0.6 is 11.6 Å². The molecule has 1 aromatic heterocycles. The second-order valence-corrected chi connectivity index (χ2v) is 4.43. The van der Waals surface area contributed by atoms with Gasteiger partial charge in [-0.3, -0.25) is 0 Å². The maximum absolute atomic E-state index is 13.4. The molecule has 1 heterocycles. The Balaban J connectivity index is 2.24. The van der Waals surface area contributed by atoms with Gasteiger partial charge in [0, 0.05) is 13.1 Å². The van der Waals surface area contributed by atoms with E-state index in [2.05, 4.69) is 15.5 Å². The van der Waals surface area contributed by atoms with Crippen molar-refractivity contribution in [3.63, 3.8) is 0 Å². The number of aromatic nitrogens is 3. The van der Waals surface area contributed by atoms with E-state index >= 15 is 0 Å². The van der Waals surface area contributed by atoms with Gasteiger partial charge in [0.1, 0.15) is 12.1 Å². The summed E-state index contributed by atoms with van der Waals surface area (Å²) in [4.78, 5) is 0. The minimum Gasteiger partial charge on any atom is -0.397 e. The molecule has 0 radical (unpaired) electrons. The lowest BCUT2D eigenvalue weighted by molar-refractivity contribution is 0.628. The Morgan fingerprint density at radius 3 is 2.83 bits per heavy atom. The maximum Gasteiger partial charge on any atom is 0.154 e. The molecular weight excluding hydrogens is 257 g/mol. The smallest absolute Gasteiger partial charge is 0.154 e. The number of aryl methyl sites for hydroxylation is 1. The number of nitrogens with zero attached hydrogens (tertiary/aromatic N) is 3. The number of halogens is 2. The van der Waals surface area contributed by atoms with Crippen molar-refractivity contribution in [1.29, 1.82) is 0 Å². The molecule has 0 saturated heterocycles. The first-order valence-corrected chi connectivity index (χ1v) is 5.71. The summed E-state index contributed by atoms with van der Waals surface area (Å²) in [5.41, 5.74) is 6.64. The van der Waals surface area contributed by atoms with Crippen LogP contribution in [0.15, 0.2) is 18.5 Å². The molecule has 0 aliphatic heterocycles. The number of anilines is 2. The quantitative estimate of drug-likeness (QED) is 0.840. The Hall–Kier alpha value is -1.82. The number of nitrogens with one attached hydrogen (secondary N) is 1. The second kappa shape index (κ2) is 4.81. The van der Waals surface area contributed by atoms with E-state index < -0.39 is 5.82 Å². The molecule has 7 heteroatoms. The number of benzene rings is 1. The molecule has 2 rings (SSSR count). The minimum absolute atomic E-state index is 0.00404. The van der Waals surface area contributed by atoms with Crippen LogP contribution in [0.3, 0.4) is 0 Å². The van der Waals surface area contributed by atoms with E-state index in [1.807, 2.05) is 14.0 Å². The number of nitrogen functional groups attached to an aromatic ring is 1. The molecule has 1 aromatic carbocycles. The van der Waals surface area contributed by atoms with Crippen LogP contribution in [-0.4, -0.2) is 14.8 Å². The summed E-state index contributed by atoms with van der Waals surface area (Å²) < 4.78 is 15.1. The van der Waals surface area contributed by atoms with Gasteiger partial charge in [0.05, 0.1) is 22.4 Å². The first-order valence-electron chi connectivity index (χ1n) is 5.34. The maximum atomic E-state index is 13.4. The van der Waals surface area contributed by atoms with Crippen molar-refractivity contribution in [1.82, 2.24) is 14.8 Å². The molecule has 18 heavy (non-hydrogen) atoms. The van der Waals surface area contributed by atoms with Gasteiger partial charge in [0.15, 0.2) is 5.82 Å². The van der Waals surface area contributed by atoms with Crippen LogP contribution in [0.4, 0.5) is 15.8 Å². The van der Waals surface area contributed by atoms with E-state index in [9.17, 15) is 4.39 Å². The molecule has 0 aliphatic rings. The third-order valence-electron chi connectivity index (χ3n) is 2.60. The zero-order valence-electron chi connectivity index (χ0n) is 9.98. The van der Waals surface area contributed by atoms with Crippen molar-refractivity contribution in [2.45, 2.75) is 13.0 Å². The molecular formula is C11H13ClFN5. The van der Waals surface area contributed by atoms with Crippen molar-refractivity contribution in [2.24, 2.45) is 7.05 Å². The highest BCUT2D eigenvalue weighted by molar-refractivity contribution is 6.31. The third kappa shape index (κ3) is 2.38. The van der Waals surface area contributed by atoms with Gasteiger partial charge in [-0.25, -0.2) is 4.39 Å². The molecule has 3 N–H and O–H groups in total. The number of hydrogen-bond acceptors (Lipinski definition) is 4. The fraction of sp³-hybridized carbons (Fsp3) is 0.273. The average molecular weight is 270 g/mol. The van der Waals surface area contributed by atoms with Crippen LogP contribution in [0.1, 0.15) is 18.8 Å². The Morgan fingerprint density at radius 1 is 1.50 bits per heavy atom. The van der Waals surface area contributed by atoms with Gasteiger partial charge in [-0.1, -0.05) is 11.6 Å². The Kier molecular flexibility index (Phi) is 3.38. The van der Waals surface area contributed by atoms with Gasteiger partial charge in [0.2, 0.25) is 0 Å². The van der Waals surface area contributed by atoms with Crippen molar-refractivity contribution in [2.75, 3.05) is 11.1 Å². The summed E-state index contributed by atoms with van der Waals surface area (Å²) in [5.74, 6) is 0.211. The number of hydrogen-bond donors (Lipinski definition) is 2. The molecule has 0 spiro atoms. The highest BCUT2D eigenvalue weighted by atomic mass is 35.5. The standard InChI is InChI=1S/C11H13ClFN5/c1-6(11-17-15-5-18(11)2)16-10-4-8(13)7(12)3-9(10)14/h3-6,16H,14H2,1-2H3. The fourth-order valence-corrected chi connectivity index (χ4v) is 1.84. The molecule has 0 saturated carbocycles.